The highest BCUT2D eigenvalue weighted by Crippen LogP contribution is 2.43. The maximum atomic E-state index is 9.35. The minimum Gasteiger partial charge on any atom is -0.494 e. The molecule has 5 aromatic carbocycles. The second kappa shape index (κ2) is 23.9. The van der Waals surface area contributed by atoms with E-state index in [-0.39, 0.29) is 19.8 Å². The SMILES string of the molecule is C=CCOc1cc(Cl)c(Cc2ccc(OCC)cc2)cc1[C@@H]1O[C@H](COCCCCCO)[C@@H](OCc2ccccc2)[C@@H](OCc2ccccc2)[C@H]1OCc1ccccc1. The molecule has 0 radical (unpaired) electrons. The van der Waals surface area contributed by atoms with Crippen molar-refractivity contribution in [3.63, 3.8) is 0 Å². The van der Waals surface area contributed by atoms with E-state index < -0.39 is 30.5 Å². The molecule has 0 amide bonds. The van der Waals surface area contributed by atoms with Crippen LogP contribution in [0.2, 0.25) is 5.02 Å². The molecule has 59 heavy (non-hydrogen) atoms. The maximum Gasteiger partial charge on any atom is 0.127 e. The Balaban J connectivity index is 1.43. The van der Waals surface area contributed by atoms with Gasteiger partial charge in [-0.25, -0.2) is 0 Å². The molecule has 5 atom stereocenters. The summed E-state index contributed by atoms with van der Waals surface area (Å²) in [5, 5.41) is 9.92. The molecule has 6 rings (SSSR count). The summed E-state index contributed by atoms with van der Waals surface area (Å²) in [6.45, 7) is 8.64. The molecule has 1 aliphatic heterocycles. The molecule has 0 spiro atoms. The molecular formula is C50H57ClO8. The fourth-order valence-electron chi connectivity index (χ4n) is 7.21. The van der Waals surface area contributed by atoms with Crippen molar-refractivity contribution < 1.29 is 38.3 Å². The lowest BCUT2D eigenvalue weighted by molar-refractivity contribution is -0.274. The number of unbranched alkanes of at least 4 members (excludes halogenated alkanes) is 2. The van der Waals surface area contributed by atoms with Gasteiger partial charge >= 0.3 is 0 Å². The van der Waals surface area contributed by atoms with Crippen molar-refractivity contribution in [1.29, 1.82) is 0 Å². The highest BCUT2D eigenvalue weighted by molar-refractivity contribution is 6.31. The van der Waals surface area contributed by atoms with Gasteiger partial charge in [-0.3, -0.25) is 0 Å². The topological polar surface area (TPSA) is 84.8 Å². The molecule has 8 nitrogen and oxygen atoms in total. The van der Waals surface area contributed by atoms with Crippen LogP contribution in [0.1, 0.15) is 65.7 Å². The first-order valence-corrected chi connectivity index (χ1v) is 21.0. The van der Waals surface area contributed by atoms with E-state index in [2.05, 4.69) is 36.9 Å². The molecule has 1 fully saturated rings. The van der Waals surface area contributed by atoms with Gasteiger partial charge in [-0.05, 0) is 84.7 Å². The summed E-state index contributed by atoms with van der Waals surface area (Å²) >= 11 is 7.06. The summed E-state index contributed by atoms with van der Waals surface area (Å²) in [7, 11) is 0. The van der Waals surface area contributed by atoms with E-state index in [1.165, 1.54) is 0 Å². The largest absolute Gasteiger partial charge is 0.494 e. The third-order valence-corrected chi connectivity index (χ3v) is 10.5. The fourth-order valence-corrected chi connectivity index (χ4v) is 7.43. The zero-order chi connectivity index (χ0) is 41.1. The highest BCUT2D eigenvalue weighted by Gasteiger charge is 2.50. The lowest BCUT2D eigenvalue weighted by Crippen LogP contribution is -2.58. The van der Waals surface area contributed by atoms with Gasteiger partial charge in [0.15, 0.2) is 0 Å². The average molecular weight is 821 g/mol. The summed E-state index contributed by atoms with van der Waals surface area (Å²) in [4.78, 5) is 0. The van der Waals surface area contributed by atoms with E-state index in [4.69, 9.17) is 44.8 Å². The van der Waals surface area contributed by atoms with E-state index in [0.717, 1.165) is 58.4 Å². The van der Waals surface area contributed by atoms with Crippen molar-refractivity contribution in [2.45, 2.75) is 82.9 Å². The predicted octanol–water partition coefficient (Wildman–Crippen LogP) is 10.3. The van der Waals surface area contributed by atoms with Crippen LogP contribution in [0.4, 0.5) is 0 Å². The predicted molar refractivity (Wildman–Crippen MR) is 232 cm³/mol. The Kier molecular flexibility index (Phi) is 17.9. The van der Waals surface area contributed by atoms with Crippen molar-refractivity contribution in [2.75, 3.05) is 33.0 Å². The van der Waals surface area contributed by atoms with Crippen LogP contribution in [0, 0.1) is 0 Å². The van der Waals surface area contributed by atoms with Gasteiger partial charge in [0.05, 0.1) is 33.0 Å². The number of ether oxygens (including phenoxy) is 7. The van der Waals surface area contributed by atoms with Crippen LogP contribution in [-0.2, 0) is 49.9 Å². The zero-order valence-corrected chi connectivity index (χ0v) is 34.7. The zero-order valence-electron chi connectivity index (χ0n) is 34.0. The molecule has 1 N–H and O–H groups in total. The lowest BCUT2D eigenvalue weighted by atomic mass is 9.88. The molecule has 0 bridgehead atoms. The van der Waals surface area contributed by atoms with Gasteiger partial charge in [0.25, 0.3) is 0 Å². The normalized spacial score (nSPS) is 19.0. The van der Waals surface area contributed by atoms with Gasteiger partial charge in [0, 0.05) is 23.8 Å². The molecular weight excluding hydrogens is 764 g/mol. The number of hydrogen-bond acceptors (Lipinski definition) is 8. The second-order valence-corrected chi connectivity index (χ2v) is 15.0. The van der Waals surface area contributed by atoms with Crippen LogP contribution in [0.5, 0.6) is 11.5 Å². The summed E-state index contributed by atoms with van der Waals surface area (Å²) in [5.41, 5.74) is 5.82. The van der Waals surface area contributed by atoms with E-state index in [1.54, 1.807) is 6.08 Å². The Hall–Kier alpha value is -4.51. The molecule has 312 valence electrons. The van der Waals surface area contributed by atoms with Crippen LogP contribution in [-0.4, -0.2) is 62.6 Å². The van der Waals surface area contributed by atoms with Crippen molar-refractivity contribution in [3.8, 4) is 11.5 Å². The van der Waals surface area contributed by atoms with Gasteiger partial charge in [-0.2, -0.15) is 0 Å². The third-order valence-electron chi connectivity index (χ3n) is 10.2. The molecule has 1 heterocycles. The number of hydrogen-bond donors (Lipinski definition) is 1. The number of rotatable bonds is 24. The molecule has 0 unspecified atom stereocenters. The van der Waals surface area contributed by atoms with Gasteiger partial charge < -0.3 is 38.3 Å². The minimum atomic E-state index is -0.685. The first kappa shape index (κ1) is 44.1. The average Bonchev–Trinajstić information content (AvgIpc) is 3.27. The van der Waals surface area contributed by atoms with Gasteiger partial charge in [-0.15, -0.1) is 0 Å². The second-order valence-electron chi connectivity index (χ2n) is 14.6. The Morgan fingerprint density at radius 3 is 1.85 bits per heavy atom. The third kappa shape index (κ3) is 13.2. The van der Waals surface area contributed by atoms with Crippen LogP contribution < -0.4 is 9.47 Å². The Labute approximate surface area is 354 Å². The van der Waals surface area contributed by atoms with E-state index in [9.17, 15) is 5.11 Å². The number of halogens is 1. The summed E-state index contributed by atoms with van der Waals surface area (Å²) in [6, 6.07) is 42.3. The Morgan fingerprint density at radius 2 is 1.27 bits per heavy atom. The van der Waals surface area contributed by atoms with Crippen molar-refractivity contribution >= 4 is 11.6 Å². The summed E-state index contributed by atoms with van der Waals surface area (Å²) < 4.78 is 46.5. The molecule has 0 aromatic heterocycles. The number of aliphatic hydroxyl groups is 1. The summed E-state index contributed by atoms with van der Waals surface area (Å²) in [6.07, 6.45) is 1.59. The standard InChI is InChI=1S/C50H57ClO8/c1-3-28-55-45-32-44(51)41(30-37-23-25-42(26-24-37)54-4-2)31-43(45)47-49(57-34-39-19-11-6-12-20-39)50(58-35-40-21-13-7-14-22-40)48(56-33-38-17-9-5-10-18-38)46(59-47)36-53-29-16-8-15-27-52/h3,5-7,9-14,17-26,31-32,46-50,52H,1,4,8,15-16,27-30,33-36H2,2H3/t46-,47+,48-,49+,50-/m1/s1. The maximum absolute atomic E-state index is 9.35. The van der Waals surface area contributed by atoms with E-state index >= 15 is 0 Å². The quantitative estimate of drug-likeness (QED) is 0.0487. The first-order chi connectivity index (χ1) is 29.1. The van der Waals surface area contributed by atoms with Crippen molar-refractivity contribution in [1.82, 2.24) is 0 Å². The minimum absolute atomic E-state index is 0.158. The molecule has 1 aliphatic rings. The lowest BCUT2D eigenvalue weighted by Gasteiger charge is -2.46. The van der Waals surface area contributed by atoms with Gasteiger partial charge in [0.1, 0.15) is 48.6 Å². The van der Waals surface area contributed by atoms with E-state index in [1.807, 2.05) is 104 Å². The number of benzene rings is 5. The van der Waals surface area contributed by atoms with Crippen LogP contribution in [0.25, 0.3) is 0 Å². The fraction of sp³-hybridized carbons (Fsp3) is 0.360. The molecule has 0 saturated carbocycles. The van der Waals surface area contributed by atoms with Crippen molar-refractivity contribution in [2.24, 2.45) is 0 Å². The first-order valence-electron chi connectivity index (χ1n) is 20.6. The smallest absolute Gasteiger partial charge is 0.127 e. The molecule has 9 heteroatoms. The van der Waals surface area contributed by atoms with Crippen LogP contribution >= 0.6 is 11.6 Å². The molecule has 5 aromatic rings. The highest BCUT2D eigenvalue weighted by atomic mass is 35.5. The van der Waals surface area contributed by atoms with Crippen LogP contribution in [0.15, 0.2) is 140 Å². The monoisotopic (exact) mass is 820 g/mol. The Bertz CT molecular complexity index is 1940. The van der Waals surface area contributed by atoms with Crippen LogP contribution in [0.3, 0.4) is 0 Å². The molecule has 1 saturated heterocycles. The van der Waals surface area contributed by atoms with E-state index in [0.29, 0.717) is 50.2 Å². The van der Waals surface area contributed by atoms with Gasteiger partial charge in [-0.1, -0.05) is 127 Å². The van der Waals surface area contributed by atoms with Crippen molar-refractivity contribution in [3.05, 3.63) is 178 Å². The number of aliphatic hydroxyl groups excluding tert-OH is 1. The Morgan fingerprint density at radius 1 is 0.678 bits per heavy atom. The van der Waals surface area contributed by atoms with Gasteiger partial charge in [0.2, 0.25) is 0 Å². The molecule has 0 aliphatic carbocycles. The summed E-state index contributed by atoms with van der Waals surface area (Å²) in [5.74, 6) is 1.38.